The Balaban J connectivity index is 1.87. The smallest absolute Gasteiger partial charge is 0.235 e. The van der Waals surface area contributed by atoms with Gasteiger partial charge >= 0.3 is 0 Å². The molecule has 0 atom stereocenters. The third-order valence-corrected chi connectivity index (χ3v) is 3.03. The second kappa shape index (κ2) is 5.63. The van der Waals surface area contributed by atoms with Crippen LogP contribution in [-0.4, -0.2) is 21.9 Å². The lowest BCUT2D eigenvalue weighted by Crippen LogP contribution is -2.14. The van der Waals surface area contributed by atoms with E-state index in [1.807, 2.05) is 0 Å². The van der Waals surface area contributed by atoms with Crippen molar-refractivity contribution in [2.24, 2.45) is 0 Å². The number of hydrogen-bond donors (Lipinski definition) is 2. The normalized spacial score (nSPS) is 10.3. The van der Waals surface area contributed by atoms with Gasteiger partial charge in [-0.2, -0.15) is 5.10 Å². The molecule has 2 rings (SSSR count). The molecule has 0 aliphatic heterocycles. The second-order valence-electron chi connectivity index (χ2n) is 3.38. The number of aromatic amines is 1. The molecule has 4 nitrogen and oxygen atoms in total. The van der Waals surface area contributed by atoms with Crippen molar-refractivity contribution in [1.82, 2.24) is 10.2 Å². The highest BCUT2D eigenvalue weighted by atomic mass is 32.2. The third-order valence-electron chi connectivity index (χ3n) is 2.04. The fourth-order valence-corrected chi connectivity index (χ4v) is 1.95. The van der Waals surface area contributed by atoms with Crippen LogP contribution in [0.25, 0.3) is 0 Å². The van der Waals surface area contributed by atoms with Crippen molar-refractivity contribution in [3.8, 4) is 0 Å². The first-order chi connectivity index (χ1) is 8.65. The third kappa shape index (κ3) is 3.30. The molecule has 7 heteroatoms. The number of H-pyrrole nitrogens is 1. The highest BCUT2D eigenvalue weighted by molar-refractivity contribution is 8.00. The van der Waals surface area contributed by atoms with E-state index < -0.39 is 11.6 Å². The highest BCUT2D eigenvalue weighted by Gasteiger charge is 2.07. The van der Waals surface area contributed by atoms with Gasteiger partial charge in [-0.1, -0.05) is 0 Å². The predicted molar refractivity (Wildman–Crippen MR) is 64.3 cm³/mol. The van der Waals surface area contributed by atoms with Crippen molar-refractivity contribution in [2.45, 2.75) is 4.90 Å². The molecule has 0 aliphatic rings. The van der Waals surface area contributed by atoms with Gasteiger partial charge in [-0.05, 0) is 18.2 Å². The minimum atomic E-state index is -0.922. The number of benzene rings is 1. The van der Waals surface area contributed by atoms with E-state index in [-0.39, 0.29) is 11.7 Å². The lowest BCUT2D eigenvalue weighted by atomic mass is 10.3. The number of carbonyl (C=O) groups is 1. The number of hydrogen-bond acceptors (Lipinski definition) is 3. The van der Waals surface area contributed by atoms with Gasteiger partial charge in [0.05, 0.1) is 11.9 Å². The average molecular weight is 269 g/mol. The van der Waals surface area contributed by atoms with Crippen LogP contribution in [0.15, 0.2) is 35.4 Å². The van der Waals surface area contributed by atoms with Crippen LogP contribution in [0.4, 0.5) is 14.6 Å². The van der Waals surface area contributed by atoms with Gasteiger partial charge in [0.15, 0.2) is 11.6 Å². The summed E-state index contributed by atoms with van der Waals surface area (Å²) >= 11 is 1.12. The lowest BCUT2D eigenvalue weighted by Gasteiger charge is -2.03. The summed E-state index contributed by atoms with van der Waals surface area (Å²) in [5.41, 5.74) is 0. The van der Waals surface area contributed by atoms with Gasteiger partial charge in [-0.3, -0.25) is 9.89 Å². The van der Waals surface area contributed by atoms with Crippen LogP contribution >= 0.6 is 11.8 Å². The Labute approximate surface area is 106 Å². The zero-order valence-corrected chi connectivity index (χ0v) is 9.93. The quantitative estimate of drug-likeness (QED) is 0.838. The van der Waals surface area contributed by atoms with E-state index in [0.717, 1.165) is 23.9 Å². The number of aromatic nitrogens is 2. The molecule has 0 fully saturated rings. The van der Waals surface area contributed by atoms with E-state index in [0.29, 0.717) is 10.7 Å². The molecule has 0 bridgehead atoms. The molecule has 94 valence electrons. The van der Waals surface area contributed by atoms with Crippen molar-refractivity contribution in [3.63, 3.8) is 0 Å². The fourth-order valence-electron chi connectivity index (χ4n) is 1.23. The monoisotopic (exact) mass is 269 g/mol. The van der Waals surface area contributed by atoms with E-state index in [1.165, 1.54) is 12.3 Å². The largest absolute Gasteiger partial charge is 0.310 e. The van der Waals surface area contributed by atoms with Gasteiger partial charge in [-0.15, -0.1) is 11.8 Å². The zero-order valence-electron chi connectivity index (χ0n) is 9.11. The molecule has 1 heterocycles. The predicted octanol–water partition coefficient (Wildman–Crippen LogP) is 2.42. The van der Waals surface area contributed by atoms with E-state index in [2.05, 4.69) is 15.5 Å². The van der Waals surface area contributed by atoms with Crippen molar-refractivity contribution < 1.29 is 13.6 Å². The number of anilines is 1. The second-order valence-corrected chi connectivity index (χ2v) is 4.43. The summed E-state index contributed by atoms with van der Waals surface area (Å²) in [6, 6.07) is 5.13. The van der Waals surface area contributed by atoms with Crippen LogP contribution in [0.1, 0.15) is 0 Å². The topological polar surface area (TPSA) is 57.8 Å². The van der Waals surface area contributed by atoms with Crippen LogP contribution in [0.5, 0.6) is 0 Å². The van der Waals surface area contributed by atoms with Crippen LogP contribution < -0.4 is 5.32 Å². The molecule has 0 unspecified atom stereocenters. The maximum absolute atomic E-state index is 12.9. The number of carbonyl (C=O) groups excluding carboxylic acids is 1. The Morgan fingerprint density at radius 3 is 2.83 bits per heavy atom. The molecule has 1 amide bonds. The number of rotatable bonds is 4. The minimum absolute atomic E-state index is 0.101. The first-order valence-corrected chi connectivity index (χ1v) is 6.01. The summed E-state index contributed by atoms with van der Waals surface area (Å²) in [5, 5.41) is 8.83. The molecule has 0 saturated carbocycles. The van der Waals surface area contributed by atoms with Gasteiger partial charge in [0, 0.05) is 11.0 Å². The number of thioether (sulfide) groups is 1. The zero-order chi connectivity index (χ0) is 13.0. The molecule has 0 saturated heterocycles. The van der Waals surface area contributed by atoms with E-state index in [1.54, 1.807) is 6.07 Å². The van der Waals surface area contributed by atoms with Crippen molar-refractivity contribution in [1.29, 1.82) is 0 Å². The van der Waals surface area contributed by atoms with Crippen LogP contribution in [0.2, 0.25) is 0 Å². The van der Waals surface area contributed by atoms with Crippen molar-refractivity contribution >= 4 is 23.5 Å². The maximum Gasteiger partial charge on any atom is 0.235 e. The van der Waals surface area contributed by atoms with E-state index in [4.69, 9.17) is 0 Å². The summed E-state index contributed by atoms with van der Waals surface area (Å²) in [6.45, 7) is 0. The van der Waals surface area contributed by atoms with Gasteiger partial charge in [-0.25, -0.2) is 8.78 Å². The molecule has 2 aromatic rings. The summed E-state index contributed by atoms with van der Waals surface area (Å²) in [5.74, 6) is -1.49. The van der Waals surface area contributed by atoms with Gasteiger partial charge < -0.3 is 5.32 Å². The molecule has 18 heavy (non-hydrogen) atoms. The Hall–Kier alpha value is -1.89. The fraction of sp³-hybridized carbons (Fsp3) is 0.0909. The van der Waals surface area contributed by atoms with E-state index >= 15 is 0 Å². The van der Waals surface area contributed by atoms with Crippen LogP contribution in [-0.2, 0) is 4.79 Å². The van der Waals surface area contributed by atoms with Crippen molar-refractivity contribution in [2.75, 3.05) is 11.1 Å². The van der Waals surface area contributed by atoms with Gasteiger partial charge in [0.25, 0.3) is 0 Å². The Bertz CT molecular complexity index is 545. The van der Waals surface area contributed by atoms with Crippen molar-refractivity contribution in [3.05, 3.63) is 42.1 Å². The van der Waals surface area contributed by atoms with Crippen LogP contribution in [0, 0.1) is 11.6 Å². The molecule has 0 spiro atoms. The number of nitrogens with zero attached hydrogens (tertiary/aromatic N) is 1. The van der Waals surface area contributed by atoms with Gasteiger partial charge in [0.1, 0.15) is 5.82 Å². The Kier molecular flexibility index (Phi) is 3.93. The number of amides is 1. The summed E-state index contributed by atoms with van der Waals surface area (Å²) in [6.07, 6.45) is 1.51. The molecule has 1 aromatic carbocycles. The van der Waals surface area contributed by atoms with Crippen LogP contribution in [0.3, 0.4) is 0 Å². The molecular weight excluding hydrogens is 260 g/mol. The summed E-state index contributed by atoms with van der Waals surface area (Å²) < 4.78 is 25.6. The molecular formula is C11H9F2N3OS. The van der Waals surface area contributed by atoms with E-state index in [9.17, 15) is 13.6 Å². The first-order valence-electron chi connectivity index (χ1n) is 5.02. The number of halogens is 2. The first kappa shape index (κ1) is 12.6. The molecule has 1 aromatic heterocycles. The highest BCUT2D eigenvalue weighted by Crippen LogP contribution is 2.20. The lowest BCUT2D eigenvalue weighted by molar-refractivity contribution is -0.113. The summed E-state index contributed by atoms with van der Waals surface area (Å²) in [7, 11) is 0. The van der Waals surface area contributed by atoms with Gasteiger partial charge in [0.2, 0.25) is 5.91 Å². The maximum atomic E-state index is 12.9. The Morgan fingerprint density at radius 1 is 1.33 bits per heavy atom. The SMILES string of the molecule is O=C(CSc1ccc(F)c(F)c1)Nc1ccn[nH]1. The Morgan fingerprint density at radius 2 is 2.17 bits per heavy atom. The molecule has 2 N–H and O–H groups in total. The minimum Gasteiger partial charge on any atom is -0.310 e. The standard InChI is InChI=1S/C11H9F2N3OS/c12-8-2-1-7(5-9(8)13)18-6-11(17)15-10-3-4-14-16-10/h1-5H,6H2,(H2,14,15,16,17). The molecule has 0 radical (unpaired) electrons. The summed E-state index contributed by atoms with van der Waals surface area (Å²) in [4.78, 5) is 12.0. The average Bonchev–Trinajstić information content (AvgIpc) is 2.83. The number of nitrogens with one attached hydrogen (secondary N) is 2. The molecule has 0 aliphatic carbocycles.